The van der Waals surface area contributed by atoms with E-state index >= 15 is 0 Å². The second-order valence-corrected chi connectivity index (χ2v) is 5.91. The Morgan fingerprint density at radius 2 is 2.24 bits per heavy atom. The molecule has 0 saturated carbocycles. The minimum atomic E-state index is -0.0857. The highest BCUT2D eigenvalue weighted by Crippen LogP contribution is 2.24. The number of carbonyl (C=O) groups is 1. The van der Waals surface area contributed by atoms with Gasteiger partial charge in [0.05, 0.1) is 12.7 Å². The summed E-state index contributed by atoms with van der Waals surface area (Å²) in [6.45, 7) is 6.94. The van der Waals surface area contributed by atoms with Crippen molar-refractivity contribution in [2.24, 2.45) is 0 Å². The Bertz CT molecular complexity index is 608. The van der Waals surface area contributed by atoms with E-state index < -0.39 is 0 Å². The molecule has 5 heteroatoms. The molecule has 0 aliphatic rings. The van der Waals surface area contributed by atoms with Crippen LogP contribution in [0.5, 0.6) is 0 Å². The van der Waals surface area contributed by atoms with E-state index in [2.05, 4.69) is 10.3 Å². The number of benzene rings is 1. The number of hydrogen-bond donors (Lipinski definition) is 1. The monoisotopic (exact) mass is 304 g/mol. The van der Waals surface area contributed by atoms with Crippen molar-refractivity contribution in [2.45, 2.75) is 26.9 Å². The summed E-state index contributed by atoms with van der Waals surface area (Å²) in [7, 11) is 0. The van der Waals surface area contributed by atoms with Gasteiger partial charge in [0.1, 0.15) is 5.01 Å². The van der Waals surface area contributed by atoms with Crippen molar-refractivity contribution in [1.29, 1.82) is 0 Å². The van der Waals surface area contributed by atoms with Crippen LogP contribution in [0.25, 0.3) is 10.6 Å². The number of carbonyl (C=O) groups excluding carboxylic acids is 1. The summed E-state index contributed by atoms with van der Waals surface area (Å²) in [5, 5.41) is 5.80. The lowest BCUT2D eigenvalue weighted by atomic mass is 10.1. The number of aryl methyl sites for hydroxylation is 1. The van der Waals surface area contributed by atoms with E-state index in [0.717, 1.165) is 16.3 Å². The van der Waals surface area contributed by atoms with Crippen molar-refractivity contribution in [3.05, 3.63) is 40.9 Å². The molecule has 0 fully saturated rings. The molecule has 2 rings (SSSR count). The van der Waals surface area contributed by atoms with E-state index in [9.17, 15) is 4.79 Å². The highest BCUT2D eigenvalue weighted by atomic mass is 32.1. The smallest absolute Gasteiger partial charge is 0.251 e. The molecule has 1 amide bonds. The number of rotatable bonds is 6. The van der Waals surface area contributed by atoms with Gasteiger partial charge in [-0.05, 0) is 32.9 Å². The summed E-state index contributed by atoms with van der Waals surface area (Å²) in [6, 6.07) is 7.53. The van der Waals surface area contributed by atoms with E-state index in [1.807, 2.05) is 50.4 Å². The van der Waals surface area contributed by atoms with Crippen LogP contribution in [0.3, 0.4) is 0 Å². The Kier molecular flexibility index (Phi) is 5.47. The second kappa shape index (κ2) is 7.33. The fourth-order valence-electron chi connectivity index (χ4n) is 1.84. The minimum Gasteiger partial charge on any atom is -0.377 e. The summed E-state index contributed by atoms with van der Waals surface area (Å²) < 4.78 is 5.40. The summed E-state index contributed by atoms with van der Waals surface area (Å²) in [6.07, 6.45) is 0.179. The number of ether oxygens (including phenoxy) is 1. The van der Waals surface area contributed by atoms with Crippen LogP contribution in [0.1, 0.15) is 29.9 Å². The van der Waals surface area contributed by atoms with Crippen molar-refractivity contribution < 1.29 is 9.53 Å². The lowest BCUT2D eigenvalue weighted by Crippen LogP contribution is -2.28. The zero-order chi connectivity index (χ0) is 15.2. The number of nitrogens with zero attached hydrogens (tertiary/aromatic N) is 1. The molecule has 0 atom stereocenters. The van der Waals surface area contributed by atoms with Gasteiger partial charge in [-0.25, -0.2) is 4.98 Å². The van der Waals surface area contributed by atoms with Crippen molar-refractivity contribution >= 4 is 17.2 Å². The van der Waals surface area contributed by atoms with Crippen molar-refractivity contribution in [3.8, 4) is 10.6 Å². The van der Waals surface area contributed by atoms with Crippen LogP contribution in [-0.2, 0) is 4.74 Å². The van der Waals surface area contributed by atoms with E-state index in [4.69, 9.17) is 4.74 Å². The molecule has 1 heterocycles. The first kappa shape index (κ1) is 15.7. The van der Waals surface area contributed by atoms with Crippen LogP contribution < -0.4 is 5.32 Å². The van der Waals surface area contributed by atoms with Crippen LogP contribution in [0, 0.1) is 6.92 Å². The SMILES string of the molecule is Cc1csc(-c2cccc(C(=O)NCCOC(C)C)c2)n1. The maximum atomic E-state index is 12.1. The molecule has 1 N–H and O–H groups in total. The Balaban J connectivity index is 1.98. The van der Waals surface area contributed by atoms with Gasteiger partial charge >= 0.3 is 0 Å². The molecule has 0 spiro atoms. The molecular weight excluding hydrogens is 284 g/mol. The van der Waals surface area contributed by atoms with E-state index in [1.54, 1.807) is 11.3 Å². The third kappa shape index (κ3) is 4.65. The first-order valence-electron chi connectivity index (χ1n) is 6.98. The molecular formula is C16H20N2O2S. The molecule has 1 aromatic carbocycles. The van der Waals surface area contributed by atoms with Gasteiger partial charge in [-0.3, -0.25) is 4.79 Å². The van der Waals surface area contributed by atoms with Crippen LogP contribution in [0.2, 0.25) is 0 Å². The molecule has 0 bridgehead atoms. The lowest BCUT2D eigenvalue weighted by Gasteiger charge is -2.09. The first-order chi connectivity index (χ1) is 10.1. The van der Waals surface area contributed by atoms with E-state index in [1.165, 1.54) is 0 Å². The van der Waals surface area contributed by atoms with Gasteiger partial charge < -0.3 is 10.1 Å². The molecule has 4 nitrogen and oxygen atoms in total. The third-order valence-electron chi connectivity index (χ3n) is 2.83. The Hall–Kier alpha value is -1.72. The Labute approximate surface area is 129 Å². The molecule has 1 aromatic heterocycles. The highest BCUT2D eigenvalue weighted by Gasteiger charge is 2.08. The van der Waals surface area contributed by atoms with Crippen molar-refractivity contribution in [2.75, 3.05) is 13.2 Å². The van der Waals surface area contributed by atoms with Gasteiger partial charge in [-0.1, -0.05) is 12.1 Å². The van der Waals surface area contributed by atoms with Gasteiger partial charge in [0.25, 0.3) is 5.91 Å². The summed E-state index contributed by atoms with van der Waals surface area (Å²) in [5.74, 6) is -0.0857. The van der Waals surface area contributed by atoms with Crippen LogP contribution >= 0.6 is 11.3 Å². The maximum absolute atomic E-state index is 12.1. The quantitative estimate of drug-likeness (QED) is 0.833. The molecule has 0 radical (unpaired) electrons. The fourth-order valence-corrected chi connectivity index (χ4v) is 2.64. The second-order valence-electron chi connectivity index (χ2n) is 5.05. The molecule has 2 aromatic rings. The van der Waals surface area contributed by atoms with Gasteiger partial charge in [0, 0.05) is 28.7 Å². The average Bonchev–Trinajstić information content (AvgIpc) is 2.90. The summed E-state index contributed by atoms with van der Waals surface area (Å²) >= 11 is 1.58. The number of hydrogen-bond acceptors (Lipinski definition) is 4. The standard InChI is InChI=1S/C16H20N2O2S/c1-11(2)20-8-7-17-15(19)13-5-4-6-14(9-13)16-18-12(3)10-21-16/h4-6,9-11H,7-8H2,1-3H3,(H,17,19). The number of amides is 1. The Morgan fingerprint density at radius 1 is 1.43 bits per heavy atom. The average molecular weight is 304 g/mol. The minimum absolute atomic E-state index is 0.0857. The normalized spacial score (nSPS) is 10.9. The van der Waals surface area contributed by atoms with Gasteiger partial charge in [0.2, 0.25) is 0 Å². The molecule has 112 valence electrons. The maximum Gasteiger partial charge on any atom is 0.251 e. The molecule has 21 heavy (non-hydrogen) atoms. The molecule has 0 aliphatic heterocycles. The number of aromatic nitrogens is 1. The zero-order valence-corrected chi connectivity index (χ0v) is 13.4. The predicted octanol–water partition coefficient (Wildman–Crippen LogP) is 3.27. The molecule has 0 unspecified atom stereocenters. The largest absolute Gasteiger partial charge is 0.377 e. The van der Waals surface area contributed by atoms with Crippen molar-refractivity contribution in [1.82, 2.24) is 10.3 Å². The van der Waals surface area contributed by atoms with E-state index in [-0.39, 0.29) is 12.0 Å². The molecule has 0 saturated heterocycles. The van der Waals surface area contributed by atoms with Gasteiger partial charge in [0.15, 0.2) is 0 Å². The van der Waals surface area contributed by atoms with Crippen molar-refractivity contribution in [3.63, 3.8) is 0 Å². The van der Waals surface area contributed by atoms with Crippen LogP contribution in [0.15, 0.2) is 29.6 Å². The highest BCUT2D eigenvalue weighted by molar-refractivity contribution is 7.13. The van der Waals surface area contributed by atoms with Gasteiger partial charge in [-0.2, -0.15) is 0 Å². The van der Waals surface area contributed by atoms with Crippen LogP contribution in [0.4, 0.5) is 0 Å². The lowest BCUT2D eigenvalue weighted by molar-refractivity contribution is 0.0746. The zero-order valence-electron chi connectivity index (χ0n) is 12.6. The summed E-state index contributed by atoms with van der Waals surface area (Å²) in [5.41, 5.74) is 2.61. The van der Waals surface area contributed by atoms with Crippen LogP contribution in [-0.4, -0.2) is 30.1 Å². The van der Waals surface area contributed by atoms with Gasteiger partial charge in [-0.15, -0.1) is 11.3 Å². The van der Waals surface area contributed by atoms with E-state index in [0.29, 0.717) is 18.7 Å². The fraction of sp³-hybridized carbons (Fsp3) is 0.375. The number of nitrogens with one attached hydrogen (secondary N) is 1. The Morgan fingerprint density at radius 3 is 2.90 bits per heavy atom. The number of thiazole rings is 1. The third-order valence-corrected chi connectivity index (χ3v) is 3.84. The predicted molar refractivity (Wildman–Crippen MR) is 85.7 cm³/mol. The first-order valence-corrected chi connectivity index (χ1v) is 7.86. The topological polar surface area (TPSA) is 51.2 Å². The molecule has 0 aliphatic carbocycles. The summed E-state index contributed by atoms with van der Waals surface area (Å²) in [4.78, 5) is 16.5.